The molecule has 1 aromatic heterocycles. The molecule has 2 amide bonds. The number of nitrogens with zero attached hydrogens (tertiary/aromatic N) is 3. The van der Waals surface area contributed by atoms with Gasteiger partial charge in [-0.25, -0.2) is 9.49 Å². The summed E-state index contributed by atoms with van der Waals surface area (Å²) in [6, 6.07) is 11.7. The van der Waals surface area contributed by atoms with E-state index in [2.05, 4.69) is 36.2 Å². The fourth-order valence-corrected chi connectivity index (χ4v) is 11.6. The van der Waals surface area contributed by atoms with Gasteiger partial charge in [0.2, 0.25) is 5.91 Å². The number of nitrogens with one attached hydrogen (secondary N) is 1. The van der Waals surface area contributed by atoms with Crippen molar-refractivity contribution in [3.8, 4) is 0 Å². The summed E-state index contributed by atoms with van der Waals surface area (Å²) in [6.07, 6.45) is 16.4. The highest BCUT2D eigenvalue weighted by molar-refractivity contribution is 5.95. The quantitative estimate of drug-likeness (QED) is 0.169. The van der Waals surface area contributed by atoms with Crippen LogP contribution >= 0.6 is 0 Å². The zero-order valence-corrected chi connectivity index (χ0v) is 32.5. The molecule has 4 unspecified atom stereocenters. The van der Waals surface area contributed by atoms with Gasteiger partial charge in [-0.15, -0.1) is 0 Å². The maximum Gasteiger partial charge on any atom is 0.272 e. The Hall–Kier alpha value is -3.89. The third-order valence-electron chi connectivity index (χ3n) is 14.8. The van der Waals surface area contributed by atoms with Crippen molar-refractivity contribution in [2.24, 2.45) is 34.5 Å². The van der Waals surface area contributed by atoms with E-state index in [1.807, 2.05) is 17.0 Å². The molecule has 2 N–H and O–H groups in total. The number of piperazine rings is 1. The summed E-state index contributed by atoms with van der Waals surface area (Å²) in [6.45, 7) is 7.29. The molecule has 8 atom stereocenters. The third-order valence-corrected chi connectivity index (χ3v) is 14.8. The first-order chi connectivity index (χ1) is 26.5. The number of amides is 2. The van der Waals surface area contributed by atoms with Gasteiger partial charge in [0, 0.05) is 51.0 Å². The number of hydrogen-bond acceptors (Lipinski definition) is 6. The smallest absolute Gasteiger partial charge is 0.272 e. The molecule has 0 spiro atoms. The molecule has 8 rings (SSSR count). The van der Waals surface area contributed by atoms with Crippen LogP contribution in [0.4, 0.5) is 4.39 Å². The highest BCUT2D eigenvalue weighted by atomic mass is 19.1. The SMILES string of the molecule is C[C@]12C=CC(O)CC1CC[C@@H]1C2CC[C@@]2(C)C1CC[C@@H]2OCCCCCC(=O)N1CCN(C(=O)c2cc(Cc3n[nH]c(=O)c4ccccc34)ccc2F)CC1. The van der Waals surface area contributed by atoms with Crippen molar-refractivity contribution >= 4 is 22.6 Å². The maximum atomic E-state index is 15.0. The predicted octanol–water partition coefficient (Wildman–Crippen LogP) is 7.06. The number of ether oxygens (including phenoxy) is 1. The minimum Gasteiger partial charge on any atom is -0.389 e. The van der Waals surface area contributed by atoms with Gasteiger partial charge < -0.3 is 19.6 Å². The average molecular weight is 753 g/mol. The van der Waals surface area contributed by atoms with E-state index in [-0.39, 0.29) is 39.9 Å². The highest BCUT2D eigenvalue weighted by Crippen LogP contribution is 2.65. The fraction of sp³-hybridized carbons (Fsp3) is 0.600. The van der Waals surface area contributed by atoms with Crippen LogP contribution in [0.5, 0.6) is 0 Å². The molecule has 9 nitrogen and oxygen atoms in total. The number of aromatic nitrogens is 2. The van der Waals surface area contributed by atoms with Gasteiger partial charge in [0.1, 0.15) is 5.82 Å². The molecule has 0 radical (unpaired) electrons. The van der Waals surface area contributed by atoms with Crippen molar-refractivity contribution in [2.75, 3.05) is 32.8 Å². The Morgan fingerprint density at radius 3 is 2.55 bits per heavy atom. The molecule has 5 aliphatic rings. The van der Waals surface area contributed by atoms with Gasteiger partial charge in [-0.3, -0.25) is 14.4 Å². The number of rotatable bonds is 10. The Morgan fingerprint density at radius 2 is 1.73 bits per heavy atom. The van der Waals surface area contributed by atoms with E-state index in [1.165, 1.54) is 38.2 Å². The first-order valence-corrected chi connectivity index (χ1v) is 20.9. The van der Waals surface area contributed by atoms with E-state index in [0.717, 1.165) is 55.9 Å². The minimum absolute atomic E-state index is 0.00268. The van der Waals surface area contributed by atoms with Crippen LogP contribution in [-0.2, 0) is 16.0 Å². The summed E-state index contributed by atoms with van der Waals surface area (Å²) < 4.78 is 21.6. The van der Waals surface area contributed by atoms with E-state index in [4.69, 9.17) is 4.74 Å². The van der Waals surface area contributed by atoms with Gasteiger partial charge in [0.05, 0.1) is 28.9 Å². The lowest BCUT2D eigenvalue weighted by atomic mass is 9.46. The van der Waals surface area contributed by atoms with Gasteiger partial charge in [-0.1, -0.05) is 56.7 Å². The number of benzene rings is 2. The summed E-state index contributed by atoms with van der Waals surface area (Å²) in [5, 5.41) is 18.3. The molecule has 2 aromatic carbocycles. The number of aliphatic hydroxyl groups excluding tert-OH is 1. The summed E-state index contributed by atoms with van der Waals surface area (Å²) in [5.74, 6) is 1.94. The predicted molar refractivity (Wildman–Crippen MR) is 210 cm³/mol. The number of aliphatic hydroxyl groups is 1. The van der Waals surface area contributed by atoms with Crippen molar-refractivity contribution in [1.82, 2.24) is 20.0 Å². The van der Waals surface area contributed by atoms with Crippen LogP contribution in [0.15, 0.2) is 59.4 Å². The summed E-state index contributed by atoms with van der Waals surface area (Å²) in [4.78, 5) is 42.2. The summed E-state index contributed by atoms with van der Waals surface area (Å²) in [7, 11) is 0. The Morgan fingerprint density at radius 1 is 0.945 bits per heavy atom. The molecular weight excluding hydrogens is 696 g/mol. The van der Waals surface area contributed by atoms with E-state index in [9.17, 15) is 23.9 Å². The van der Waals surface area contributed by atoms with Crippen LogP contribution in [-0.4, -0.2) is 81.9 Å². The van der Waals surface area contributed by atoms with Crippen LogP contribution in [0.2, 0.25) is 0 Å². The molecule has 55 heavy (non-hydrogen) atoms. The van der Waals surface area contributed by atoms with E-state index >= 15 is 0 Å². The minimum atomic E-state index is -0.583. The van der Waals surface area contributed by atoms with Crippen molar-refractivity contribution in [3.63, 3.8) is 0 Å². The Bertz CT molecular complexity index is 1990. The number of aromatic amines is 1. The van der Waals surface area contributed by atoms with Crippen LogP contribution in [0.1, 0.15) is 106 Å². The lowest BCUT2D eigenvalue weighted by Crippen LogP contribution is -2.53. The maximum absolute atomic E-state index is 15.0. The third kappa shape index (κ3) is 7.29. The van der Waals surface area contributed by atoms with Crippen molar-refractivity contribution in [3.05, 3.63) is 87.6 Å². The number of hydrogen-bond donors (Lipinski definition) is 2. The lowest BCUT2D eigenvalue weighted by Gasteiger charge is -2.59. The number of fused-ring (bicyclic) bond motifs is 6. The molecule has 294 valence electrons. The Labute approximate surface area is 323 Å². The number of unbranched alkanes of at least 4 members (excludes halogenated alkanes) is 2. The van der Waals surface area contributed by atoms with Crippen LogP contribution in [0.3, 0.4) is 0 Å². The molecule has 3 aromatic rings. The van der Waals surface area contributed by atoms with Crippen molar-refractivity contribution in [1.29, 1.82) is 0 Å². The van der Waals surface area contributed by atoms with Gasteiger partial charge in [0.25, 0.3) is 11.5 Å². The van der Waals surface area contributed by atoms with E-state index in [0.29, 0.717) is 73.6 Å². The van der Waals surface area contributed by atoms with E-state index in [1.54, 1.807) is 29.2 Å². The van der Waals surface area contributed by atoms with E-state index < -0.39 is 5.82 Å². The molecular formula is C45H57FN4O5. The Kier molecular flexibility index (Phi) is 10.8. The zero-order valence-electron chi connectivity index (χ0n) is 32.5. The molecule has 0 bridgehead atoms. The first kappa shape index (κ1) is 38.0. The van der Waals surface area contributed by atoms with Crippen molar-refractivity contribution in [2.45, 2.75) is 103 Å². The molecule has 4 aliphatic carbocycles. The second-order valence-electron chi connectivity index (χ2n) is 17.7. The second kappa shape index (κ2) is 15.6. The lowest BCUT2D eigenvalue weighted by molar-refractivity contribution is -0.132. The Balaban J connectivity index is 0.763. The highest BCUT2D eigenvalue weighted by Gasteiger charge is 2.59. The van der Waals surface area contributed by atoms with Crippen LogP contribution < -0.4 is 5.56 Å². The van der Waals surface area contributed by atoms with Gasteiger partial charge in [-0.05, 0) is 116 Å². The fourth-order valence-electron chi connectivity index (χ4n) is 11.6. The van der Waals surface area contributed by atoms with Gasteiger partial charge >= 0.3 is 0 Å². The van der Waals surface area contributed by atoms with Crippen LogP contribution in [0.25, 0.3) is 10.8 Å². The molecule has 1 aliphatic heterocycles. The standard InChI is InChI=1S/C45H57FN4O5/c1-44-19-17-31(51)28-30(44)12-13-34-36-14-16-40(45(36,2)20-18-37(34)44)55-25-7-3-4-10-41(52)49-21-23-50(24-22-49)43(54)35-26-29(11-15-38(35)46)27-39-32-8-5-6-9-33(32)42(53)48-47-39/h5-6,8-9,11,15,17,19,26,30-31,34,36-37,40,51H,3-4,7,10,12-14,16,18,20-25,27-28H2,1-2H3,(H,48,53)/t30?,31?,34-,36?,37?,40-,44-,45-/m0/s1. The van der Waals surface area contributed by atoms with Crippen LogP contribution in [0, 0.1) is 40.3 Å². The summed E-state index contributed by atoms with van der Waals surface area (Å²) >= 11 is 0. The van der Waals surface area contributed by atoms with Gasteiger partial charge in [0.15, 0.2) is 0 Å². The van der Waals surface area contributed by atoms with Gasteiger partial charge in [-0.2, -0.15) is 5.10 Å². The molecule has 1 saturated heterocycles. The molecule has 2 heterocycles. The first-order valence-electron chi connectivity index (χ1n) is 20.9. The second-order valence-corrected chi connectivity index (χ2v) is 17.7. The number of carbonyl (C=O) groups is 2. The summed E-state index contributed by atoms with van der Waals surface area (Å²) in [5.41, 5.74) is 1.56. The number of allylic oxidation sites excluding steroid dienone is 1. The zero-order chi connectivity index (χ0) is 38.3. The monoisotopic (exact) mass is 752 g/mol. The largest absolute Gasteiger partial charge is 0.389 e. The number of halogens is 1. The number of carbonyl (C=O) groups excluding carboxylic acids is 2. The average Bonchev–Trinajstić information content (AvgIpc) is 3.54. The molecule has 3 saturated carbocycles. The normalized spacial score (nSPS) is 31.6. The van der Waals surface area contributed by atoms with Crippen molar-refractivity contribution < 1.29 is 23.8 Å². The molecule has 10 heteroatoms. The number of H-pyrrole nitrogens is 1. The topological polar surface area (TPSA) is 116 Å². The molecule has 4 fully saturated rings.